The van der Waals surface area contributed by atoms with Gasteiger partial charge in [-0.05, 0) is 18.2 Å². The maximum absolute atomic E-state index is 13.0. The molecule has 0 radical (unpaired) electrons. The first-order valence-corrected chi connectivity index (χ1v) is 5.03. The van der Waals surface area contributed by atoms with Gasteiger partial charge in [-0.15, -0.1) is 0 Å². The zero-order valence-electron chi connectivity index (χ0n) is 8.54. The Morgan fingerprint density at radius 3 is 2.81 bits per heavy atom. The Hall–Kier alpha value is -1.68. The van der Waals surface area contributed by atoms with Crippen LogP contribution >= 0.6 is 11.6 Å². The number of nitrogens with zero attached hydrogens (tertiary/aromatic N) is 2. The summed E-state index contributed by atoms with van der Waals surface area (Å²) in [5, 5.41) is 2.96. The SMILES string of the molecule is CNc1cncc(-c2ccc(F)c(Cl)c2)n1. The van der Waals surface area contributed by atoms with Crippen molar-refractivity contribution in [3.8, 4) is 11.3 Å². The van der Waals surface area contributed by atoms with Gasteiger partial charge in [0.05, 0.1) is 23.1 Å². The number of rotatable bonds is 2. The van der Waals surface area contributed by atoms with Crippen molar-refractivity contribution in [3.63, 3.8) is 0 Å². The molecular weight excluding hydrogens is 229 g/mol. The Kier molecular flexibility index (Phi) is 3.01. The molecule has 0 fully saturated rings. The third kappa shape index (κ3) is 2.12. The summed E-state index contributed by atoms with van der Waals surface area (Å²) in [6.45, 7) is 0. The zero-order chi connectivity index (χ0) is 11.5. The van der Waals surface area contributed by atoms with E-state index in [1.165, 1.54) is 12.1 Å². The Bertz CT molecular complexity index is 516. The van der Waals surface area contributed by atoms with Gasteiger partial charge >= 0.3 is 0 Å². The van der Waals surface area contributed by atoms with Crippen LogP contribution in [0.2, 0.25) is 5.02 Å². The molecule has 82 valence electrons. The van der Waals surface area contributed by atoms with Crippen LogP contribution in [0.4, 0.5) is 10.2 Å². The summed E-state index contributed by atoms with van der Waals surface area (Å²) in [6, 6.07) is 4.45. The number of anilines is 1. The van der Waals surface area contributed by atoms with E-state index >= 15 is 0 Å². The Balaban J connectivity index is 2.46. The molecule has 0 saturated carbocycles. The van der Waals surface area contributed by atoms with Crippen LogP contribution in [0.5, 0.6) is 0 Å². The number of aromatic nitrogens is 2. The van der Waals surface area contributed by atoms with Gasteiger partial charge in [-0.25, -0.2) is 9.37 Å². The molecule has 0 aliphatic heterocycles. The normalized spacial score (nSPS) is 10.2. The Morgan fingerprint density at radius 2 is 2.12 bits per heavy atom. The predicted molar refractivity (Wildman–Crippen MR) is 62.0 cm³/mol. The highest BCUT2D eigenvalue weighted by Gasteiger charge is 2.05. The van der Waals surface area contributed by atoms with Crippen LogP contribution < -0.4 is 5.32 Å². The van der Waals surface area contributed by atoms with Crippen molar-refractivity contribution >= 4 is 17.4 Å². The molecule has 0 aliphatic carbocycles. The summed E-state index contributed by atoms with van der Waals surface area (Å²) >= 11 is 5.70. The molecule has 0 spiro atoms. The number of hydrogen-bond donors (Lipinski definition) is 1. The average molecular weight is 238 g/mol. The molecule has 1 N–H and O–H groups in total. The highest BCUT2D eigenvalue weighted by atomic mass is 35.5. The van der Waals surface area contributed by atoms with Crippen LogP contribution in [0.3, 0.4) is 0 Å². The summed E-state index contributed by atoms with van der Waals surface area (Å²) in [5.41, 5.74) is 1.38. The Morgan fingerprint density at radius 1 is 1.31 bits per heavy atom. The van der Waals surface area contributed by atoms with E-state index in [4.69, 9.17) is 11.6 Å². The monoisotopic (exact) mass is 237 g/mol. The van der Waals surface area contributed by atoms with Crippen molar-refractivity contribution < 1.29 is 4.39 Å². The van der Waals surface area contributed by atoms with Crippen LogP contribution in [-0.4, -0.2) is 17.0 Å². The number of benzene rings is 1. The first-order chi connectivity index (χ1) is 7.70. The molecule has 0 aliphatic rings. The minimum absolute atomic E-state index is 0.0779. The minimum atomic E-state index is -0.442. The first kappa shape index (κ1) is 10.8. The lowest BCUT2D eigenvalue weighted by atomic mass is 10.1. The van der Waals surface area contributed by atoms with E-state index in [9.17, 15) is 4.39 Å². The summed E-state index contributed by atoms with van der Waals surface area (Å²) in [5.74, 6) is 0.209. The van der Waals surface area contributed by atoms with E-state index in [-0.39, 0.29) is 5.02 Å². The highest BCUT2D eigenvalue weighted by Crippen LogP contribution is 2.23. The number of hydrogen-bond acceptors (Lipinski definition) is 3. The van der Waals surface area contributed by atoms with Crippen molar-refractivity contribution in [2.45, 2.75) is 0 Å². The van der Waals surface area contributed by atoms with Gasteiger partial charge in [-0.1, -0.05) is 11.6 Å². The summed E-state index contributed by atoms with van der Waals surface area (Å²) in [6.07, 6.45) is 3.21. The Labute approximate surface area is 97.3 Å². The maximum atomic E-state index is 13.0. The fourth-order valence-corrected chi connectivity index (χ4v) is 1.46. The molecule has 0 unspecified atom stereocenters. The molecule has 0 atom stereocenters. The van der Waals surface area contributed by atoms with Crippen LogP contribution in [0.25, 0.3) is 11.3 Å². The summed E-state index contributed by atoms with van der Waals surface area (Å²) in [4.78, 5) is 8.30. The standard InChI is InChI=1S/C11H9ClFN3/c1-14-11-6-15-5-10(16-11)7-2-3-9(13)8(12)4-7/h2-6H,1H3,(H,14,16). The van der Waals surface area contributed by atoms with Crippen molar-refractivity contribution in [1.82, 2.24) is 9.97 Å². The quantitative estimate of drug-likeness (QED) is 0.873. The van der Waals surface area contributed by atoms with Gasteiger partial charge in [-0.2, -0.15) is 0 Å². The molecule has 1 aromatic carbocycles. The lowest BCUT2D eigenvalue weighted by Gasteiger charge is -2.04. The fourth-order valence-electron chi connectivity index (χ4n) is 1.28. The van der Waals surface area contributed by atoms with E-state index in [0.717, 1.165) is 5.56 Å². The molecule has 0 saturated heterocycles. The fraction of sp³-hybridized carbons (Fsp3) is 0.0909. The van der Waals surface area contributed by atoms with Gasteiger partial charge in [0, 0.05) is 12.6 Å². The van der Waals surface area contributed by atoms with Crippen molar-refractivity contribution in [3.05, 3.63) is 41.4 Å². The van der Waals surface area contributed by atoms with Crippen LogP contribution in [-0.2, 0) is 0 Å². The van der Waals surface area contributed by atoms with Gasteiger partial charge in [0.2, 0.25) is 0 Å². The summed E-state index contributed by atoms with van der Waals surface area (Å²) < 4.78 is 13.0. The van der Waals surface area contributed by atoms with E-state index in [1.807, 2.05) is 0 Å². The number of halogens is 2. The second kappa shape index (κ2) is 4.45. The van der Waals surface area contributed by atoms with Crippen LogP contribution in [0.1, 0.15) is 0 Å². The molecule has 16 heavy (non-hydrogen) atoms. The lowest BCUT2D eigenvalue weighted by Crippen LogP contribution is -1.95. The van der Waals surface area contributed by atoms with Gasteiger partial charge in [0.1, 0.15) is 11.6 Å². The van der Waals surface area contributed by atoms with Crippen LogP contribution in [0, 0.1) is 5.82 Å². The zero-order valence-corrected chi connectivity index (χ0v) is 9.29. The second-order valence-electron chi connectivity index (χ2n) is 3.17. The molecule has 1 heterocycles. The third-order valence-electron chi connectivity index (χ3n) is 2.11. The predicted octanol–water partition coefficient (Wildman–Crippen LogP) is 2.98. The molecule has 2 aromatic rings. The molecule has 1 aromatic heterocycles. The van der Waals surface area contributed by atoms with Gasteiger partial charge < -0.3 is 5.32 Å². The number of nitrogens with one attached hydrogen (secondary N) is 1. The largest absolute Gasteiger partial charge is 0.372 e. The molecular formula is C11H9ClFN3. The molecule has 5 heteroatoms. The van der Waals surface area contributed by atoms with E-state index in [2.05, 4.69) is 15.3 Å². The third-order valence-corrected chi connectivity index (χ3v) is 2.40. The first-order valence-electron chi connectivity index (χ1n) is 4.66. The van der Waals surface area contributed by atoms with E-state index < -0.39 is 5.82 Å². The summed E-state index contributed by atoms with van der Waals surface area (Å²) in [7, 11) is 1.76. The maximum Gasteiger partial charge on any atom is 0.144 e. The highest BCUT2D eigenvalue weighted by molar-refractivity contribution is 6.31. The molecule has 0 bridgehead atoms. The molecule has 3 nitrogen and oxygen atoms in total. The van der Waals surface area contributed by atoms with Crippen molar-refractivity contribution in [2.75, 3.05) is 12.4 Å². The van der Waals surface area contributed by atoms with E-state index in [0.29, 0.717) is 11.5 Å². The van der Waals surface area contributed by atoms with Gasteiger partial charge in [0.25, 0.3) is 0 Å². The van der Waals surface area contributed by atoms with Crippen molar-refractivity contribution in [2.24, 2.45) is 0 Å². The smallest absolute Gasteiger partial charge is 0.144 e. The molecule has 2 rings (SSSR count). The lowest BCUT2D eigenvalue weighted by molar-refractivity contribution is 0.628. The van der Waals surface area contributed by atoms with Gasteiger partial charge in [0.15, 0.2) is 0 Å². The average Bonchev–Trinajstić information content (AvgIpc) is 2.33. The molecule has 0 amide bonds. The van der Waals surface area contributed by atoms with E-state index in [1.54, 1.807) is 25.5 Å². The van der Waals surface area contributed by atoms with Gasteiger partial charge in [-0.3, -0.25) is 4.98 Å². The van der Waals surface area contributed by atoms with Crippen LogP contribution in [0.15, 0.2) is 30.6 Å². The van der Waals surface area contributed by atoms with Crippen molar-refractivity contribution in [1.29, 1.82) is 0 Å². The minimum Gasteiger partial charge on any atom is -0.372 e. The second-order valence-corrected chi connectivity index (χ2v) is 3.58. The topological polar surface area (TPSA) is 37.8 Å².